The van der Waals surface area contributed by atoms with Gasteiger partial charge in [0.2, 0.25) is 5.91 Å². The summed E-state index contributed by atoms with van der Waals surface area (Å²) in [5.74, 6) is 3.21. The van der Waals surface area contributed by atoms with Gasteiger partial charge in [0.05, 0.1) is 60.6 Å². The zero-order valence-electron chi connectivity index (χ0n) is 31.6. The molecule has 0 atom stereocenters. The topological polar surface area (TPSA) is 193 Å². The molecule has 0 spiro atoms. The maximum atomic E-state index is 11.6. The Hall–Kier alpha value is -6.33. The van der Waals surface area contributed by atoms with Crippen LogP contribution >= 0.6 is 0 Å². The summed E-state index contributed by atoms with van der Waals surface area (Å²) in [6.45, 7) is 15.3. The Morgan fingerprint density at radius 3 is 1.55 bits per heavy atom. The van der Waals surface area contributed by atoms with E-state index in [0.29, 0.717) is 67.0 Å². The van der Waals surface area contributed by atoms with Gasteiger partial charge >= 0.3 is 0 Å². The standard InChI is InChI=1S/C20H23N7O2.C18H21N7O/c1-13-11-14(2)27(25-13)20-23-17(12-18(24-20)21-15(3)28)16-5-4-6-19(22-16)26-7-9-29-10-8-26;1-12-10-13(2)25(23-12)18-21-15(11-16(19)22-18)14-4-3-5-17(20-14)24-6-8-26-9-7-24/h4-6,11-12H,7-10H2,1-3H3,(H,21,23,24,28);3-5,10-11H,6-9H2,1-2H3,(H2,19,21,22). The number of ether oxygens (including phenoxy) is 2. The maximum absolute atomic E-state index is 11.6. The van der Waals surface area contributed by atoms with Crippen LogP contribution in [0.4, 0.5) is 23.3 Å². The minimum Gasteiger partial charge on any atom is -0.384 e. The normalized spacial score (nSPS) is 14.3. The van der Waals surface area contributed by atoms with Crippen LogP contribution in [-0.4, -0.2) is 108 Å². The number of carbonyl (C=O) groups is 1. The number of nitrogens with one attached hydrogen (secondary N) is 1. The van der Waals surface area contributed by atoms with E-state index in [1.54, 1.807) is 21.5 Å². The van der Waals surface area contributed by atoms with Crippen LogP contribution in [0.3, 0.4) is 0 Å². The predicted molar refractivity (Wildman–Crippen MR) is 208 cm³/mol. The summed E-state index contributed by atoms with van der Waals surface area (Å²) in [7, 11) is 0. The zero-order chi connectivity index (χ0) is 38.5. The molecule has 0 unspecified atom stereocenters. The first kappa shape index (κ1) is 37.0. The van der Waals surface area contributed by atoms with Gasteiger partial charge in [-0.25, -0.2) is 29.3 Å². The molecule has 55 heavy (non-hydrogen) atoms. The van der Waals surface area contributed by atoms with Crippen molar-refractivity contribution in [1.29, 1.82) is 0 Å². The molecule has 6 aromatic rings. The fourth-order valence-corrected chi connectivity index (χ4v) is 6.32. The Morgan fingerprint density at radius 2 is 1.09 bits per heavy atom. The highest BCUT2D eigenvalue weighted by molar-refractivity contribution is 5.88. The van der Waals surface area contributed by atoms with Crippen LogP contribution in [0.1, 0.15) is 29.7 Å². The largest absolute Gasteiger partial charge is 0.384 e. The van der Waals surface area contributed by atoms with Crippen LogP contribution in [0.2, 0.25) is 0 Å². The molecule has 17 heteroatoms. The van der Waals surface area contributed by atoms with Gasteiger partial charge in [-0.05, 0) is 64.1 Å². The number of nitrogens with zero attached hydrogens (tertiary/aromatic N) is 12. The quantitative estimate of drug-likeness (QED) is 0.239. The number of nitrogens with two attached hydrogens (primary N) is 1. The summed E-state index contributed by atoms with van der Waals surface area (Å²) in [6.07, 6.45) is 0. The molecule has 284 valence electrons. The van der Waals surface area contributed by atoms with E-state index in [0.717, 1.165) is 66.3 Å². The van der Waals surface area contributed by atoms with Crippen molar-refractivity contribution >= 4 is 29.2 Å². The third kappa shape index (κ3) is 8.90. The molecule has 0 aromatic carbocycles. The van der Waals surface area contributed by atoms with Crippen LogP contribution < -0.4 is 20.9 Å². The second-order valence-electron chi connectivity index (χ2n) is 13.2. The van der Waals surface area contributed by atoms with Crippen molar-refractivity contribution in [3.8, 4) is 34.7 Å². The summed E-state index contributed by atoms with van der Waals surface area (Å²) in [6, 6.07) is 19.1. The van der Waals surface area contributed by atoms with E-state index in [9.17, 15) is 4.79 Å². The number of aryl methyl sites for hydroxylation is 4. The summed E-state index contributed by atoms with van der Waals surface area (Å²) < 4.78 is 14.2. The lowest BCUT2D eigenvalue weighted by molar-refractivity contribution is -0.114. The number of carbonyl (C=O) groups excluding carboxylic acids is 1. The van der Waals surface area contributed by atoms with Crippen molar-refractivity contribution in [2.45, 2.75) is 34.6 Å². The molecule has 0 aliphatic carbocycles. The number of morpholine rings is 2. The van der Waals surface area contributed by atoms with Crippen molar-refractivity contribution in [2.24, 2.45) is 0 Å². The molecule has 0 saturated carbocycles. The van der Waals surface area contributed by atoms with Gasteiger partial charge in [0, 0.05) is 56.6 Å². The number of amides is 1. The van der Waals surface area contributed by atoms with Gasteiger partial charge in [-0.2, -0.15) is 20.2 Å². The van der Waals surface area contributed by atoms with Crippen LogP contribution in [0.25, 0.3) is 34.7 Å². The Kier molecular flexibility index (Phi) is 11.0. The van der Waals surface area contributed by atoms with Crippen molar-refractivity contribution in [1.82, 2.24) is 49.5 Å². The molecule has 0 radical (unpaired) electrons. The molecule has 2 aliphatic rings. The minimum absolute atomic E-state index is 0.205. The monoisotopic (exact) mass is 744 g/mol. The molecule has 8 heterocycles. The Morgan fingerprint density at radius 1 is 0.618 bits per heavy atom. The predicted octanol–water partition coefficient (Wildman–Crippen LogP) is 3.90. The zero-order valence-corrected chi connectivity index (χ0v) is 31.6. The van der Waals surface area contributed by atoms with Crippen LogP contribution in [0.15, 0.2) is 60.7 Å². The average molecular weight is 745 g/mol. The molecule has 2 fully saturated rings. The van der Waals surface area contributed by atoms with E-state index in [1.807, 2.05) is 76.2 Å². The van der Waals surface area contributed by atoms with E-state index in [4.69, 9.17) is 25.2 Å². The first-order valence-corrected chi connectivity index (χ1v) is 18.1. The maximum Gasteiger partial charge on any atom is 0.253 e. The van der Waals surface area contributed by atoms with Gasteiger partial charge in [-0.3, -0.25) is 4.79 Å². The third-order valence-electron chi connectivity index (χ3n) is 8.81. The summed E-state index contributed by atoms with van der Waals surface area (Å²) in [4.78, 5) is 43.7. The van der Waals surface area contributed by atoms with E-state index in [2.05, 4.69) is 45.2 Å². The number of hydrogen-bond acceptors (Lipinski definition) is 14. The Balaban J connectivity index is 0.000000170. The highest BCUT2D eigenvalue weighted by atomic mass is 16.5. The third-order valence-corrected chi connectivity index (χ3v) is 8.81. The van der Waals surface area contributed by atoms with Crippen molar-refractivity contribution in [3.05, 3.63) is 83.4 Å². The van der Waals surface area contributed by atoms with Gasteiger partial charge in [0.15, 0.2) is 0 Å². The number of rotatable bonds is 7. The molecular weight excluding hydrogens is 701 g/mol. The lowest BCUT2D eigenvalue weighted by Gasteiger charge is -2.28. The fraction of sp³-hybridized carbons (Fsp3) is 0.342. The highest BCUT2D eigenvalue weighted by Crippen LogP contribution is 2.25. The van der Waals surface area contributed by atoms with Gasteiger partial charge in [-0.15, -0.1) is 0 Å². The van der Waals surface area contributed by atoms with Gasteiger partial charge < -0.3 is 30.3 Å². The van der Waals surface area contributed by atoms with E-state index < -0.39 is 0 Å². The fourth-order valence-electron chi connectivity index (χ4n) is 6.32. The second-order valence-corrected chi connectivity index (χ2v) is 13.2. The molecule has 3 N–H and O–H groups in total. The van der Waals surface area contributed by atoms with Gasteiger partial charge in [0.25, 0.3) is 11.9 Å². The highest BCUT2D eigenvalue weighted by Gasteiger charge is 2.18. The SMILES string of the molecule is CC(=O)Nc1cc(-c2cccc(N3CCOCC3)n2)nc(-n2nc(C)cc2C)n1.Cc1cc(C)n(-c2nc(N)cc(-c3cccc(N4CCOCC4)n3)n2)n1. The minimum atomic E-state index is -0.205. The first-order valence-electron chi connectivity index (χ1n) is 18.1. The lowest BCUT2D eigenvalue weighted by atomic mass is 10.2. The van der Waals surface area contributed by atoms with E-state index >= 15 is 0 Å². The number of aromatic nitrogens is 10. The summed E-state index contributed by atoms with van der Waals surface area (Å²) >= 11 is 0. The average Bonchev–Trinajstić information content (AvgIpc) is 3.73. The van der Waals surface area contributed by atoms with Crippen LogP contribution in [0, 0.1) is 27.7 Å². The Labute approximate surface area is 318 Å². The molecule has 17 nitrogen and oxygen atoms in total. The van der Waals surface area contributed by atoms with Crippen molar-refractivity contribution in [2.75, 3.05) is 73.5 Å². The van der Waals surface area contributed by atoms with Crippen molar-refractivity contribution < 1.29 is 14.3 Å². The summed E-state index contributed by atoms with van der Waals surface area (Å²) in [5.41, 5.74) is 12.4. The molecule has 1 amide bonds. The van der Waals surface area contributed by atoms with Gasteiger partial charge in [0.1, 0.15) is 23.3 Å². The van der Waals surface area contributed by atoms with E-state index in [-0.39, 0.29) is 5.91 Å². The Bertz CT molecular complexity index is 2290. The lowest BCUT2D eigenvalue weighted by Crippen LogP contribution is -2.36. The summed E-state index contributed by atoms with van der Waals surface area (Å²) in [5, 5.41) is 11.6. The smallest absolute Gasteiger partial charge is 0.253 e. The second kappa shape index (κ2) is 16.4. The molecular formula is C38H44N14O3. The number of hydrogen-bond donors (Lipinski definition) is 2. The van der Waals surface area contributed by atoms with Crippen LogP contribution in [0.5, 0.6) is 0 Å². The molecule has 2 aliphatic heterocycles. The van der Waals surface area contributed by atoms with Crippen molar-refractivity contribution in [3.63, 3.8) is 0 Å². The number of nitrogen functional groups attached to an aromatic ring is 1. The van der Waals surface area contributed by atoms with Gasteiger partial charge in [-0.1, -0.05) is 12.1 Å². The first-order chi connectivity index (χ1) is 26.6. The molecule has 6 aromatic heterocycles. The molecule has 2 saturated heterocycles. The van der Waals surface area contributed by atoms with Crippen LogP contribution in [-0.2, 0) is 14.3 Å². The van der Waals surface area contributed by atoms with E-state index in [1.165, 1.54) is 6.92 Å². The molecule has 8 rings (SSSR count). The number of anilines is 4. The number of pyridine rings is 2. The molecule has 0 bridgehead atoms.